The third-order valence-electron chi connectivity index (χ3n) is 4.86. The van der Waals surface area contributed by atoms with E-state index in [4.69, 9.17) is 4.52 Å². The van der Waals surface area contributed by atoms with Crippen LogP contribution in [0.5, 0.6) is 0 Å². The number of aromatic nitrogens is 4. The minimum Gasteiger partial charge on any atom is -0.359 e. The number of hydrogen-bond donors (Lipinski definition) is 0. The first-order valence-electron chi connectivity index (χ1n) is 9.37. The van der Waals surface area contributed by atoms with Gasteiger partial charge in [-0.1, -0.05) is 41.1 Å². The van der Waals surface area contributed by atoms with Crippen molar-refractivity contribution >= 4 is 0 Å². The molecule has 1 aromatic heterocycles. The van der Waals surface area contributed by atoms with Gasteiger partial charge in [-0.25, -0.2) is 18.7 Å². The van der Waals surface area contributed by atoms with Crippen LogP contribution in [0.15, 0.2) is 71.5 Å². The molecule has 0 fully saturated rings. The van der Waals surface area contributed by atoms with Crippen molar-refractivity contribution < 1.29 is 13.3 Å². The normalized spacial score (nSPS) is 11.3. The third-order valence-corrected chi connectivity index (χ3v) is 4.86. The van der Waals surface area contributed by atoms with Crippen LogP contribution in [0, 0.1) is 18.6 Å². The number of rotatable bonds is 4. The van der Waals surface area contributed by atoms with E-state index in [0.29, 0.717) is 23.7 Å². The predicted octanol–water partition coefficient (Wildman–Crippen LogP) is 5.34. The lowest BCUT2D eigenvalue weighted by Crippen LogP contribution is -1.99. The monoisotopic (exact) mass is 402 g/mol. The maximum absolute atomic E-state index is 14.1. The van der Waals surface area contributed by atoms with E-state index in [1.165, 1.54) is 17.7 Å². The van der Waals surface area contributed by atoms with Gasteiger partial charge in [0.25, 0.3) is 0 Å². The Morgan fingerprint density at radius 1 is 0.933 bits per heavy atom. The Bertz CT molecular complexity index is 1310. The Hall–Kier alpha value is -3.87. The topological polar surface area (TPSA) is 56.7 Å². The number of imidazole rings is 1. The first-order valence-corrected chi connectivity index (χ1v) is 9.37. The summed E-state index contributed by atoms with van der Waals surface area (Å²) in [6, 6.07) is 15.7. The summed E-state index contributed by atoms with van der Waals surface area (Å²) in [5, 5.41) is 4.14. The van der Waals surface area contributed by atoms with Gasteiger partial charge in [0.2, 0.25) is 0 Å². The Balaban J connectivity index is 1.42. The summed E-state index contributed by atoms with van der Waals surface area (Å²) in [6.07, 6.45) is 3.62. The van der Waals surface area contributed by atoms with Crippen LogP contribution in [0.1, 0.15) is 11.3 Å². The highest BCUT2D eigenvalue weighted by atomic mass is 19.2. The number of aryl methyl sites for hydroxylation is 1. The molecule has 30 heavy (non-hydrogen) atoms. The number of hydrogen-bond acceptors (Lipinski definition) is 4. The molecule has 0 spiro atoms. The van der Waals surface area contributed by atoms with Gasteiger partial charge < -0.3 is 9.09 Å². The van der Waals surface area contributed by atoms with Crippen molar-refractivity contribution in [1.82, 2.24) is 19.7 Å². The van der Waals surface area contributed by atoms with E-state index < -0.39 is 11.6 Å². The lowest BCUT2D eigenvalue weighted by molar-refractivity contribution is 0.378. The fourth-order valence-corrected chi connectivity index (χ4v) is 3.27. The highest BCUT2D eigenvalue weighted by Gasteiger charge is 2.18. The molecule has 0 saturated carbocycles. The Morgan fingerprint density at radius 3 is 2.57 bits per heavy atom. The SMILES string of the molecule is Cc1ccc(-c2cc(Cn3ccc4nc(-c5cccc(F)c5F)nc-4c3)on2)cc1. The molecule has 0 N–H and O–H groups in total. The molecule has 3 heterocycles. The molecule has 0 bridgehead atoms. The molecule has 5 rings (SSSR count). The van der Waals surface area contributed by atoms with Crippen LogP contribution in [0.25, 0.3) is 34.0 Å². The van der Waals surface area contributed by atoms with E-state index in [1.807, 2.05) is 48.0 Å². The Labute approximate surface area is 171 Å². The van der Waals surface area contributed by atoms with Crippen LogP contribution >= 0.6 is 0 Å². The van der Waals surface area contributed by atoms with Crippen LogP contribution in [-0.4, -0.2) is 19.7 Å². The zero-order chi connectivity index (χ0) is 20.7. The van der Waals surface area contributed by atoms with Crippen molar-refractivity contribution in [2.45, 2.75) is 13.5 Å². The lowest BCUT2D eigenvalue weighted by atomic mass is 10.1. The molecule has 0 atom stereocenters. The summed E-state index contributed by atoms with van der Waals surface area (Å²) in [5.74, 6) is -1.04. The zero-order valence-corrected chi connectivity index (χ0v) is 16.0. The number of nitrogens with zero attached hydrogens (tertiary/aromatic N) is 4. The molecule has 0 amide bonds. The molecule has 2 aromatic carbocycles. The van der Waals surface area contributed by atoms with Crippen molar-refractivity contribution in [3.05, 3.63) is 89.9 Å². The number of fused-ring (bicyclic) bond motifs is 1. The number of halogens is 2. The molecule has 0 saturated heterocycles. The van der Waals surface area contributed by atoms with E-state index in [9.17, 15) is 8.78 Å². The highest BCUT2D eigenvalue weighted by Crippen LogP contribution is 2.28. The minimum absolute atomic E-state index is 0.0377. The van der Waals surface area contributed by atoms with Gasteiger partial charge in [-0.3, -0.25) is 0 Å². The summed E-state index contributed by atoms with van der Waals surface area (Å²) >= 11 is 0. The van der Waals surface area contributed by atoms with Gasteiger partial charge in [0, 0.05) is 24.0 Å². The van der Waals surface area contributed by atoms with Crippen molar-refractivity contribution in [3.8, 4) is 34.0 Å². The summed E-state index contributed by atoms with van der Waals surface area (Å²) in [5.41, 5.74) is 4.15. The van der Waals surface area contributed by atoms with Crippen LogP contribution < -0.4 is 0 Å². The standard InChI is InChI=1S/C23H16F2N4O/c1-14-5-7-15(8-6-14)20-11-16(30-28-20)12-29-10-9-19-21(13-29)27-23(26-19)17-3-2-4-18(24)22(17)25/h2-11,13H,12H2,1H3. The van der Waals surface area contributed by atoms with Crippen molar-refractivity contribution in [3.63, 3.8) is 0 Å². The molecule has 3 aromatic rings. The van der Waals surface area contributed by atoms with Crippen LogP contribution in [-0.2, 0) is 6.54 Å². The molecule has 0 aliphatic carbocycles. The maximum atomic E-state index is 14.1. The molecule has 5 nitrogen and oxygen atoms in total. The van der Waals surface area contributed by atoms with E-state index in [2.05, 4.69) is 15.1 Å². The fourth-order valence-electron chi connectivity index (χ4n) is 3.27. The molecular formula is C23H16F2N4O. The van der Waals surface area contributed by atoms with Gasteiger partial charge >= 0.3 is 0 Å². The second kappa shape index (κ2) is 7.18. The smallest absolute Gasteiger partial charge is 0.169 e. The van der Waals surface area contributed by atoms with Gasteiger partial charge in [0.15, 0.2) is 23.2 Å². The molecular weight excluding hydrogens is 386 g/mol. The van der Waals surface area contributed by atoms with Crippen molar-refractivity contribution in [2.75, 3.05) is 0 Å². The summed E-state index contributed by atoms with van der Waals surface area (Å²) in [6.45, 7) is 2.48. The van der Waals surface area contributed by atoms with Crippen molar-refractivity contribution in [1.29, 1.82) is 0 Å². The molecule has 0 radical (unpaired) electrons. The average Bonchev–Trinajstić information content (AvgIpc) is 3.37. The summed E-state index contributed by atoms with van der Waals surface area (Å²) in [4.78, 5) is 8.68. The maximum Gasteiger partial charge on any atom is 0.169 e. The van der Waals surface area contributed by atoms with Crippen LogP contribution in [0.3, 0.4) is 0 Å². The lowest BCUT2D eigenvalue weighted by Gasteiger charge is -2.04. The second-order valence-electron chi connectivity index (χ2n) is 7.08. The number of benzene rings is 2. The summed E-state index contributed by atoms with van der Waals surface area (Å²) in [7, 11) is 0. The van der Waals surface area contributed by atoms with E-state index in [0.717, 1.165) is 17.3 Å². The molecule has 7 heteroatoms. The van der Waals surface area contributed by atoms with Gasteiger partial charge in [0.05, 0.1) is 17.8 Å². The highest BCUT2D eigenvalue weighted by molar-refractivity contribution is 5.66. The Kier molecular flexibility index (Phi) is 4.35. The van der Waals surface area contributed by atoms with Gasteiger partial charge in [-0.15, -0.1) is 0 Å². The second-order valence-corrected chi connectivity index (χ2v) is 7.08. The molecule has 2 aliphatic rings. The first-order chi connectivity index (χ1) is 14.6. The molecule has 2 aliphatic heterocycles. The first kappa shape index (κ1) is 18.2. The zero-order valence-electron chi connectivity index (χ0n) is 16.0. The van der Waals surface area contributed by atoms with Crippen LogP contribution in [0.2, 0.25) is 0 Å². The average molecular weight is 402 g/mol. The minimum atomic E-state index is -0.953. The largest absolute Gasteiger partial charge is 0.359 e. The predicted molar refractivity (Wildman–Crippen MR) is 108 cm³/mol. The number of pyridine rings is 1. The van der Waals surface area contributed by atoms with E-state index >= 15 is 0 Å². The van der Waals surface area contributed by atoms with Gasteiger partial charge in [-0.05, 0) is 25.1 Å². The quantitative estimate of drug-likeness (QED) is 0.407. The molecule has 0 unspecified atom stereocenters. The van der Waals surface area contributed by atoms with Crippen molar-refractivity contribution in [2.24, 2.45) is 0 Å². The fraction of sp³-hybridized carbons (Fsp3) is 0.0870. The summed E-state index contributed by atoms with van der Waals surface area (Å²) < 4.78 is 34.9. The van der Waals surface area contributed by atoms with Crippen LogP contribution in [0.4, 0.5) is 8.78 Å². The van der Waals surface area contributed by atoms with Gasteiger partial charge in [0.1, 0.15) is 11.4 Å². The van der Waals surface area contributed by atoms with E-state index in [-0.39, 0.29) is 11.4 Å². The molecule has 148 valence electrons. The Morgan fingerprint density at radius 2 is 1.73 bits per heavy atom. The van der Waals surface area contributed by atoms with E-state index in [1.54, 1.807) is 12.3 Å². The van der Waals surface area contributed by atoms with Gasteiger partial charge in [-0.2, -0.15) is 0 Å². The third kappa shape index (κ3) is 3.34.